The van der Waals surface area contributed by atoms with Crippen LogP contribution in [0.5, 0.6) is 0 Å². The first-order chi connectivity index (χ1) is 9.38. The summed E-state index contributed by atoms with van der Waals surface area (Å²) in [6.45, 7) is 0.517. The molecule has 106 valence electrons. The van der Waals surface area contributed by atoms with E-state index in [0.29, 0.717) is 12.4 Å². The number of nitrogens with two attached hydrogens (primary N) is 1. The summed E-state index contributed by atoms with van der Waals surface area (Å²) >= 11 is 0. The van der Waals surface area contributed by atoms with Crippen LogP contribution in [0.1, 0.15) is 11.1 Å². The van der Waals surface area contributed by atoms with Crippen molar-refractivity contribution in [2.24, 2.45) is 0 Å². The molecule has 0 bridgehead atoms. The molecular weight excluding hydrogens is 267 g/mol. The Bertz CT molecular complexity index is 582. The Hall–Kier alpha value is -2.24. The van der Waals surface area contributed by atoms with Crippen molar-refractivity contribution in [3.8, 4) is 0 Å². The van der Waals surface area contributed by atoms with E-state index in [1.807, 2.05) is 30.3 Å². The molecule has 0 aliphatic heterocycles. The predicted molar refractivity (Wildman–Crippen MR) is 72.2 cm³/mol. The standard InChI is InChI=1S/C14H14F3N3/c1-20(9-10-5-3-2-4-6-10)13-12(18)7-11(8-19-13)14(15,16)17/h2-8H,9,18H2,1H3. The number of hydrogen-bond donors (Lipinski definition) is 1. The molecule has 2 aromatic rings. The number of benzene rings is 1. The average Bonchev–Trinajstić information content (AvgIpc) is 2.38. The van der Waals surface area contributed by atoms with E-state index >= 15 is 0 Å². The molecule has 1 heterocycles. The monoisotopic (exact) mass is 281 g/mol. The van der Waals surface area contributed by atoms with Gasteiger partial charge >= 0.3 is 6.18 Å². The Labute approximate surface area is 114 Å². The molecule has 0 aliphatic rings. The van der Waals surface area contributed by atoms with Crippen LogP contribution in [0.3, 0.4) is 0 Å². The van der Waals surface area contributed by atoms with Crippen LogP contribution in [0, 0.1) is 0 Å². The maximum absolute atomic E-state index is 12.5. The average molecular weight is 281 g/mol. The topological polar surface area (TPSA) is 42.2 Å². The molecule has 0 unspecified atom stereocenters. The third-order valence-corrected chi connectivity index (χ3v) is 2.85. The third-order valence-electron chi connectivity index (χ3n) is 2.85. The predicted octanol–water partition coefficient (Wildman–Crippen LogP) is 3.32. The Morgan fingerprint density at radius 3 is 2.40 bits per heavy atom. The van der Waals surface area contributed by atoms with Crippen LogP contribution in [-0.4, -0.2) is 12.0 Å². The van der Waals surface area contributed by atoms with Crippen LogP contribution in [-0.2, 0) is 12.7 Å². The molecule has 3 nitrogen and oxygen atoms in total. The van der Waals surface area contributed by atoms with E-state index in [1.54, 1.807) is 11.9 Å². The molecule has 6 heteroatoms. The Kier molecular flexibility index (Phi) is 3.83. The van der Waals surface area contributed by atoms with E-state index < -0.39 is 11.7 Å². The summed E-state index contributed by atoms with van der Waals surface area (Å²) in [4.78, 5) is 5.53. The molecule has 1 aromatic carbocycles. The fraction of sp³-hybridized carbons (Fsp3) is 0.214. The quantitative estimate of drug-likeness (QED) is 0.938. The van der Waals surface area contributed by atoms with Crippen molar-refractivity contribution in [3.05, 3.63) is 53.7 Å². The molecule has 0 radical (unpaired) electrons. The summed E-state index contributed by atoms with van der Waals surface area (Å²) in [5, 5.41) is 0. The highest BCUT2D eigenvalue weighted by atomic mass is 19.4. The molecule has 0 aliphatic carbocycles. The van der Waals surface area contributed by atoms with Crippen molar-refractivity contribution in [3.63, 3.8) is 0 Å². The largest absolute Gasteiger partial charge is 0.417 e. The lowest BCUT2D eigenvalue weighted by Crippen LogP contribution is -2.20. The summed E-state index contributed by atoms with van der Waals surface area (Å²) < 4.78 is 37.6. The highest BCUT2D eigenvalue weighted by Gasteiger charge is 2.31. The lowest BCUT2D eigenvalue weighted by atomic mass is 10.2. The van der Waals surface area contributed by atoms with Gasteiger partial charge in [-0.2, -0.15) is 13.2 Å². The SMILES string of the molecule is CN(Cc1ccccc1)c1ncc(C(F)(F)F)cc1N. The zero-order valence-corrected chi connectivity index (χ0v) is 10.9. The Morgan fingerprint density at radius 2 is 1.85 bits per heavy atom. The minimum absolute atomic E-state index is 0.0123. The molecule has 0 fully saturated rings. The van der Waals surface area contributed by atoms with Gasteiger partial charge in [0.2, 0.25) is 0 Å². The first-order valence-corrected chi connectivity index (χ1v) is 5.95. The number of nitrogen functional groups attached to an aromatic ring is 1. The van der Waals surface area contributed by atoms with Gasteiger partial charge < -0.3 is 10.6 Å². The molecule has 0 saturated heterocycles. The molecule has 0 atom stereocenters. The molecule has 0 saturated carbocycles. The van der Waals surface area contributed by atoms with Gasteiger partial charge in [0.25, 0.3) is 0 Å². The minimum atomic E-state index is -4.43. The number of pyridine rings is 1. The highest BCUT2D eigenvalue weighted by molar-refractivity contribution is 5.63. The zero-order valence-electron chi connectivity index (χ0n) is 10.9. The number of anilines is 2. The van der Waals surface area contributed by atoms with Crippen molar-refractivity contribution in [1.29, 1.82) is 0 Å². The lowest BCUT2D eigenvalue weighted by molar-refractivity contribution is -0.137. The van der Waals surface area contributed by atoms with Gasteiger partial charge in [-0.15, -0.1) is 0 Å². The highest BCUT2D eigenvalue weighted by Crippen LogP contribution is 2.32. The van der Waals surface area contributed by atoms with Gasteiger partial charge in [-0.25, -0.2) is 4.98 Å². The molecule has 0 spiro atoms. The van der Waals surface area contributed by atoms with Gasteiger partial charge in [-0.3, -0.25) is 0 Å². The second-order valence-corrected chi connectivity index (χ2v) is 4.48. The summed E-state index contributed by atoms with van der Waals surface area (Å²) in [7, 11) is 1.74. The van der Waals surface area contributed by atoms with Crippen LogP contribution in [0.4, 0.5) is 24.7 Å². The van der Waals surface area contributed by atoms with Crippen molar-refractivity contribution >= 4 is 11.5 Å². The van der Waals surface area contributed by atoms with Crippen LogP contribution < -0.4 is 10.6 Å². The fourth-order valence-corrected chi connectivity index (χ4v) is 1.88. The number of nitrogens with zero attached hydrogens (tertiary/aromatic N) is 2. The zero-order chi connectivity index (χ0) is 14.8. The molecular formula is C14H14F3N3. The van der Waals surface area contributed by atoms with E-state index in [-0.39, 0.29) is 5.69 Å². The third kappa shape index (κ3) is 3.20. The van der Waals surface area contributed by atoms with Gasteiger partial charge in [0.15, 0.2) is 5.82 Å². The van der Waals surface area contributed by atoms with E-state index in [1.165, 1.54) is 0 Å². The van der Waals surface area contributed by atoms with Gasteiger partial charge in [0.1, 0.15) is 0 Å². The first kappa shape index (κ1) is 14.2. The van der Waals surface area contributed by atoms with E-state index in [2.05, 4.69) is 4.98 Å². The summed E-state index contributed by atoms with van der Waals surface area (Å²) in [6.07, 6.45) is -3.63. The van der Waals surface area contributed by atoms with E-state index in [0.717, 1.165) is 17.8 Å². The van der Waals surface area contributed by atoms with E-state index in [4.69, 9.17) is 5.73 Å². The van der Waals surface area contributed by atoms with Gasteiger partial charge in [-0.1, -0.05) is 30.3 Å². The number of hydrogen-bond acceptors (Lipinski definition) is 3. The molecule has 0 amide bonds. The van der Waals surface area contributed by atoms with Crippen LogP contribution >= 0.6 is 0 Å². The maximum atomic E-state index is 12.5. The van der Waals surface area contributed by atoms with Gasteiger partial charge in [0, 0.05) is 19.8 Å². The molecule has 2 N–H and O–H groups in total. The van der Waals surface area contributed by atoms with E-state index in [9.17, 15) is 13.2 Å². The Morgan fingerprint density at radius 1 is 1.20 bits per heavy atom. The number of rotatable bonds is 3. The second kappa shape index (κ2) is 5.40. The van der Waals surface area contributed by atoms with Gasteiger partial charge in [-0.05, 0) is 11.6 Å². The van der Waals surface area contributed by atoms with Crippen molar-refractivity contribution in [2.75, 3.05) is 17.7 Å². The summed E-state index contributed by atoms with van der Waals surface area (Å²) in [5.41, 5.74) is 5.86. The summed E-state index contributed by atoms with van der Waals surface area (Å²) in [6, 6.07) is 10.4. The summed E-state index contributed by atoms with van der Waals surface area (Å²) in [5.74, 6) is 0.335. The molecule has 2 rings (SSSR count). The normalized spacial score (nSPS) is 11.4. The first-order valence-electron chi connectivity index (χ1n) is 5.95. The number of aromatic nitrogens is 1. The maximum Gasteiger partial charge on any atom is 0.417 e. The lowest BCUT2D eigenvalue weighted by Gasteiger charge is -2.20. The number of halogens is 3. The van der Waals surface area contributed by atoms with Crippen LogP contribution in [0.25, 0.3) is 0 Å². The fourth-order valence-electron chi connectivity index (χ4n) is 1.88. The van der Waals surface area contributed by atoms with Crippen LogP contribution in [0.15, 0.2) is 42.6 Å². The molecule has 20 heavy (non-hydrogen) atoms. The number of alkyl halides is 3. The minimum Gasteiger partial charge on any atom is -0.396 e. The van der Waals surface area contributed by atoms with Crippen molar-refractivity contribution < 1.29 is 13.2 Å². The molecule has 1 aromatic heterocycles. The van der Waals surface area contributed by atoms with Crippen molar-refractivity contribution in [1.82, 2.24) is 4.98 Å². The second-order valence-electron chi connectivity index (χ2n) is 4.48. The smallest absolute Gasteiger partial charge is 0.396 e. The van der Waals surface area contributed by atoms with Gasteiger partial charge in [0.05, 0.1) is 11.3 Å². The van der Waals surface area contributed by atoms with Crippen molar-refractivity contribution in [2.45, 2.75) is 12.7 Å². The van der Waals surface area contributed by atoms with Crippen LogP contribution in [0.2, 0.25) is 0 Å². The Balaban J connectivity index is 2.21.